The first-order valence-corrected chi connectivity index (χ1v) is 8.88. The number of thioether (sulfide) groups is 1. The minimum Gasteiger partial charge on any atom is -0.286 e. The van der Waals surface area contributed by atoms with Gasteiger partial charge in [0.2, 0.25) is 0 Å². The molecule has 0 saturated carbocycles. The summed E-state index contributed by atoms with van der Waals surface area (Å²) in [6.07, 6.45) is 1.53. The van der Waals surface area contributed by atoms with Gasteiger partial charge in [0.15, 0.2) is 0 Å². The number of unbranched alkanes of at least 4 members (excludes halogenated alkanes) is 1. The third kappa shape index (κ3) is 2.75. The normalized spacial score (nSPS) is 13.3. The minimum atomic E-state index is -0.195. The zero-order valence-corrected chi connectivity index (χ0v) is 13.7. The molecule has 22 heavy (non-hydrogen) atoms. The first kappa shape index (κ1) is 15.4. The van der Waals surface area contributed by atoms with Crippen molar-refractivity contribution in [2.24, 2.45) is 0 Å². The molecule has 1 aromatic carbocycles. The monoisotopic (exact) mass is 336 g/mol. The van der Waals surface area contributed by atoms with Gasteiger partial charge in [-0.25, -0.2) is 4.79 Å². The van der Waals surface area contributed by atoms with Gasteiger partial charge in [0.25, 0.3) is 5.56 Å². The summed E-state index contributed by atoms with van der Waals surface area (Å²) in [4.78, 5) is 25.4. The molecule has 0 N–H and O–H groups in total. The highest BCUT2D eigenvalue weighted by Gasteiger charge is 2.23. The topological polar surface area (TPSA) is 44.0 Å². The summed E-state index contributed by atoms with van der Waals surface area (Å²) in [6.45, 7) is 1.09. The van der Waals surface area contributed by atoms with Gasteiger partial charge in [0, 0.05) is 24.7 Å². The fourth-order valence-corrected chi connectivity index (χ4v) is 4.01. The van der Waals surface area contributed by atoms with Crippen molar-refractivity contribution in [3.05, 3.63) is 51.2 Å². The average Bonchev–Trinajstić information content (AvgIpc) is 3.01. The molecule has 1 aliphatic rings. The van der Waals surface area contributed by atoms with E-state index in [-0.39, 0.29) is 11.2 Å². The Labute approximate surface area is 137 Å². The zero-order valence-electron chi connectivity index (χ0n) is 12.1. The summed E-state index contributed by atoms with van der Waals surface area (Å²) in [6, 6.07) is 9.59. The molecule has 0 amide bonds. The lowest BCUT2D eigenvalue weighted by Crippen LogP contribution is -2.40. The predicted molar refractivity (Wildman–Crippen MR) is 91.1 cm³/mol. The molecular formula is C16H17ClN2O2S. The van der Waals surface area contributed by atoms with Gasteiger partial charge < -0.3 is 0 Å². The van der Waals surface area contributed by atoms with Crippen LogP contribution in [0, 0.1) is 0 Å². The standard InChI is InChI=1S/C16H17ClN2O2S/c17-8-4-5-9-18-14(20)13(12-6-2-1-3-7-12)15-19(16(18)21)10-11-22-15/h1-3,6-7H,4-5,8-11H2. The molecule has 0 saturated heterocycles. The maximum Gasteiger partial charge on any atom is 0.331 e. The fourth-order valence-electron chi connectivity index (χ4n) is 2.68. The summed E-state index contributed by atoms with van der Waals surface area (Å²) in [7, 11) is 0. The molecule has 0 unspecified atom stereocenters. The van der Waals surface area contributed by atoms with Crippen molar-refractivity contribution in [1.82, 2.24) is 9.13 Å². The summed E-state index contributed by atoms with van der Waals surface area (Å²) in [5.41, 5.74) is 1.14. The van der Waals surface area contributed by atoms with Crippen molar-refractivity contribution in [1.29, 1.82) is 0 Å². The van der Waals surface area contributed by atoms with Gasteiger partial charge in [-0.2, -0.15) is 0 Å². The molecule has 4 nitrogen and oxygen atoms in total. The molecule has 0 bridgehead atoms. The second-order valence-electron chi connectivity index (χ2n) is 5.18. The predicted octanol–water partition coefficient (Wildman–Crippen LogP) is 2.80. The molecule has 1 aromatic heterocycles. The molecule has 2 aromatic rings. The highest BCUT2D eigenvalue weighted by Crippen LogP contribution is 2.31. The van der Waals surface area contributed by atoms with E-state index in [4.69, 9.17) is 11.6 Å². The van der Waals surface area contributed by atoms with E-state index in [0.717, 1.165) is 29.2 Å². The summed E-state index contributed by atoms with van der Waals surface area (Å²) < 4.78 is 3.10. The second kappa shape index (κ2) is 6.75. The molecule has 6 heteroatoms. The maximum absolute atomic E-state index is 12.8. The van der Waals surface area contributed by atoms with Crippen molar-refractivity contribution >= 4 is 23.4 Å². The lowest BCUT2D eigenvalue weighted by atomic mass is 10.1. The summed E-state index contributed by atoms with van der Waals surface area (Å²) >= 11 is 7.28. The van der Waals surface area contributed by atoms with Crippen molar-refractivity contribution in [2.75, 3.05) is 11.6 Å². The van der Waals surface area contributed by atoms with Crippen LogP contribution in [0.25, 0.3) is 11.1 Å². The van der Waals surface area contributed by atoms with Crippen molar-refractivity contribution in [3.63, 3.8) is 0 Å². The minimum absolute atomic E-state index is 0.188. The van der Waals surface area contributed by atoms with Crippen LogP contribution in [0.4, 0.5) is 0 Å². The Hall–Kier alpha value is -1.46. The van der Waals surface area contributed by atoms with Crippen LogP contribution >= 0.6 is 23.4 Å². The summed E-state index contributed by atoms with van der Waals surface area (Å²) in [5, 5.41) is 0.801. The molecule has 0 aliphatic carbocycles. The third-order valence-corrected chi connectivity index (χ3v) is 5.11. The van der Waals surface area contributed by atoms with Crippen LogP contribution in [-0.2, 0) is 13.1 Å². The lowest BCUT2D eigenvalue weighted by molar-refractivity contribution is 0.528. The Morgan fingerprint density at radius 3 is 2.64 bits per heavy atom. The van der Waals surface area contributed by atoms with Gasteiger partial charge in [-0.1, -0.05) is 30.3 Å². The van der Waals surface area contributed by atoms with Gasteiger partial charge in [0.1, 0.15) is 0 Å². The van der Waals surface area contributed by atoms with Crippen molar-refractivity contribution in [3.8, 4) is 11.1 Å². The number of hydrogen-bond acceptors (Lipinski definition) is 3. The van der Waals surface area contributed by atoms with E-state index < -0.39 is 0 Å². The Kier molecular flexibility index (Phi) is 4.74. The molecular weight excluding hydrogens is 320 g/mol. The van der Waals surface area contributed by atoms with E-state index in [0.29, 0.717) is 24.5 Å². The van der Waals surface area contributed by atoms with E-state index in [2.05, 4.69) is 0 Å². The number of fused-ring (bicyclic) bond motifs is 1. The van der Waals surface area contributed by atoms with Gasteiger partial charge in [0.05, 0.1) is 10.6 Å². The van der Waals surface area contributed by atoms with E-state index in [9.17, 15) is 9.59 Å². The van der Waals surface area contributed by atoms with Crippen LogP contribution in [-0.4, -0.2) is 20.8 Å². The number of nitrogens with zero attached hydrogens (tertiary/aromatic N) is 2. The first-order valence-electron chi connectivity index (χ1n) is 7.36. The Balaban J connectivity index is 2.17. The first-order chi connectivity index (χ1) is 10.7. The van der Waals surface area contributed by atoms with Gasteiger partial charge >= 0.3 is 5.69 Å². The number of benzene rings is 1. The maximum atomic E-state index is 12.8. The van der Waals surface area contributed by atoms with E-state index >= 15 is 0 Å². The number of alkyl halides is 1. The molecule has 0 radical (unpaired) electrons. The third-order valence-electron chi connectivity index (χ3n) is 3.76. The highest BCUT2D eigenvalue weighted by molar-refractivity contribution is 7.99. The van der Waals surface area contributed by atoms with Crippen LogP contribution in [0.2, 0.25) is 0 Å². The Morgan fingerprint density at radius 2 is 1.91 bits per heavy atom. The van der Waals surface area contributed by atoms with E-state index in [1.54, 1.807) is 16.3 Å². The zero-order chi connectivity index (χ0) is 15.5. The number of halogens is 1. The number of rotatable bonds is 5. The molecule has 0 spiro atoms. The largest absolute Gasteiger partial charge is 0.331 e. The molecule has 3 rings (SSSR count). The SMILES string of the molecule is O=c1c(-c2ccccc2)c2n(c(=O)n1CCCCCl)CCS2. The molecule has 2 heterocycles. The smallest absolute Gasteiger partial charge is 0.286 e. The fraction of sp³-hybridized carbons (Fsp3) is 0.375. The lowest BCUT2D eigenvalue weighted by Gasteiger charge is -2.13. The van der Waals surface area contributed by atoms with Crippen LogP contribution in [0.3, 0.4) is 0 Å². The van der Waals surface area contributed by atoms with E-state index in [1.807, 2.05) is 30.3 Å². The van der Waals surface area contributed by atoms with Crippen molar-refractivity contribution < 1.29 is 0 Å². The van der Waals surface area contributed by atoms with Crippen LogP contribution in [0.15, 0.2) is 44.9 Å². The summed E-state index contributed by atoms with van der Waals surface area (Å²) in [5.74, 6) is 1.38. The molecule has 0 atom stereocenters. The van der Waals surface area contributed by atoms with Crippen LogP contribution in [0.5, 0.6) is 0 Å². The quantitative estimate of drug-likeness (QED) is 0.479. The second-order valence-corrected chi connectivity index (χ2v) is 6.64. The molecule has 0 fully saturated rings. The van der Waals surface area contributed by atoms with Gasteiger partial charge in [-0.15, -0.1) is 23.4 Å². The average molecular weight is 337 g/mol. The van der Waals surface area contributed by atoms with Gasteiger partial charge in [-0.3, -0.25) is 13.9 Å². The van der Waals surface area contributed by atoms with Crippen molar-refractivity contribution in [2.45, 2.75) is 31.0 Å². The molecule has 1 aliphatic heterocycles. The van der Waals surface area contributed by atoms with Crippen LogP contribution < -0.4 is 11.2 Å². The van der Waals surface area contributed by atoms with E-state index in [1.165, 1.54) is 4.57 Å². The number of hydrogen-bond donors (Lipinski definition) is 0. The highest BCUT2D eigenvalue weighted by atomic mass is 35.5. The Morgan fingerprint density at radius 1 is 1.14 bits per heavy atom. The number of aromatic nitrogens is 2. The molecule has 116 valence electrons. The van der Waals surface area contributed by atoms with Gasteiger partial charge in [-0.05, 0) is 18.4 Å². The Bertz CT molecular complexity index is 783. The van der Waals surface area contributed by atoms with Crippen LogP contribution in [0.1, 0.15) is 12.8 Å².